The fraction of sp³-hybridized carbons (Fsp3) is 0.290. The molecule has 0 atom stereocenters. The summed E-state index contributed by atoms with van der Waals surface area (Å²) in [5, 5.41) is 0. The first-order valence-corrected chi connectivity index (χ1v) is 13.4. The van der Waals surface area contributed by atoms with E-state index in [1.807, 2.05) is 19.1 Å². The zero-order valence-corrected chi connectivity index (χ0v) is 23.1. The highest BCUT2D eigenvalue weighted by Gasteiger charge is 2.44. The minimum atomic E-state index is -4.88. The van der Waals surface area contributed by atoms with Crippen molar-refractivity contribution in [2.75, 3.05) is 0 Å². The first-order valence-electron chi connectivity index (χ1n) is 13.4. The lowest BCUT2D eigenvalue weighted by molar-refractivity contribution is -0.223. The van der Waals surface area contributed by atoms with Crippen LogP contribution in [0.25, 0.3) is 11.1 Å². The van der Waals surface area contributed by atoms with Crippen molar-refractivity contribution >= 4 is 0 Å². The minimum Gasteiger partial charge on any atom is -0.432 e. The maximum atomic E-state index is 14.8. The van der Waals surface area contributed by atoms with Crippen molar-refractivity contribution in [3.05, 3.63) is 102 Å². The second kappa shape index (κ2) is 13.4. The molecule has 0 bridgehead atoms. The van der Waals surface area contributed by atoms with E-state index < -0.39 is 70.6 Å². The molecule has 0 N–H and O–H groups in total. The molecule has 1 aliphatic carbocycles. The normalized spacial score (nSPS) is 17.3. The van der Waals surface area contributed by atoms with E-state index in [9.17, 15) is 48.3 Å². The van der Waals surface area contributed by atoms with Gasteiger partial charge in [-0.3, -0.25) is 0 Å². The Labute approximate surface area is 249 Å². The second-order valence-electron chi connectivity index (χ2n) is 10.1. The molecule has 0 amide bonds. The third kappa shape index (κ3) is 7.90. The van der Waals surface area contributed by atoms with Crippen LogP contribution >= 0.6 is 0 Å². The van der Waals surface area contributed by atoms with Crippen LogP contribution in [0.2, 0.25) is 0 Å². The van der Waals surface area contributed by atoms with Crippen molar-refractivity contribution in [1.82, 2.24) is 0 Å². The Morgan fingerprint density at radius 3 is 1.78 bits per heavy atom. The molecule has 3 aromatic rings. The van der Waals surface area contributed by atoms with Crippen molar-refractivity contribution in [2.45, 2.75) is 44.8 Å². The first-order chi connectivity index (χ1) is 21.1. The lowest BCUT2D eigenvalue weighted by atomic mass is 9.81. The number of hydrogen-bond donors (Lipinski definition) is 0. The molecule has 0 saturated heterocycles. The summed E-state index contributed by atoms with van der Waals surface area (Å²) in [6.45, 7) is 1.86. The minimum absolute atomic E-state index is 0.0120. The van der Waals surface area contributed by atoms with Gasteiger partial charge in [0, 0.05) is 12.1 Å². The van der Waals surface area contributed by atoms with Gasteiger partial charge in [-0.25, -0.2) is 17.6 Å². The SMILES string of the molecule is C/C=C/C1CCC(C(F)(F)Oc2ccc(-c3cc(F)c(C(F)(F)Oc4cc(F)c(OC(F)=C(F)F)c(F)c4)c(F)c3)cc2)CC1. The highest BCUT2D eigenvalue weighted by Crippen LogP contribution is 2.42. The number of benzene rings is 3. The zero-order valence-electron chi connectivity index (χ0n) is 23.1. The number of allylic oxidation sites excluding steroid dienone is 2. The van der Waals surface area contributed by atoms with E-state index in [0.29, 0.717) is 25.0 Å². The summed E-state index contributed by atoms with van der Waals surface area (Å²) >= 11 is 0. The predicted molar refractivity (Wildman–Crippen MR) is 139 cm³/mol. The molecule has 242 valence electrons. The third-order valence-electron chi connectivity index (χ3n) is 7.04. The maximum absolute atomic E-state index is 14.8. The highest BCUT2D eigenvalue weighted by atomic mass is 19.3. The molecule has 3 aromatic carbocycles. The molecule has 4 rings (SSSR count). The van der Waals surface area contributed by atoms with Gasteiger partial charge in [-0.15, -0.1) is 0 Å². The third-order valence-corrected chi connectivity index (χ3v) is 7.04. The Bertz CT molecular complexity index is 1530. The van der Waals surface area contributed by atoms with Gasteiger partial charge in [0.2, 0.25) is 5.75 Å². The van der Waals surface area contributed by atoms with Gasteiger partial charge in [0.25, 0.3) is 0 Å². The summed E-state index contributed by atoms with van der Waals surface area (Å²) in [5.74, 6) is -11.7. The lowest BCUT2D eigenvalue weighted by Gasteiger charge is -2.32. The van der Waals surface area contributed by atoms with Crippen molar-refractivity contribution in [3.63, 3.8) is 0 Å². The summed E-state index contributed by atoms with van der Waals surface area (Å²) in [6, 6.07) is 2.90. The molecule has 0 spiro atoms. The Morgan fingerprint density at radius 2 is 1.27 bits per heavy atom. The van der Waals surface area contributed by atoms with Crippen LogP contribution in [0.4, 0.5) is 48.3 Å². The Kier molecular flexibility index (Phi) is 10.0. The van der Waals surface area contributed by atoms with E-state index in [1.165, 1.54) is 12.1 Å². The molecular weight excluding hydrogens is 629 g/mol. The number of alkyl halides is 4. The molecule has 1 aliphatic rings. The van der Waals surface area contributed by atoms with Gasteiger partial charge in [0.1, 0.15) is 28.7 Å². The van der Waals surface area contributed by atoms with Gasteiger partial charge in [-0.2, -0.15) is 30.7 Å². The molecule has 0 heterocycles. The number of ether oxygens (including phenoxy) is 3. The summed E-state index contributed by atoms with van der Waals surface area (Å²) in [5.41, 5.74) is -2.19. The summed E-state index contributed by atoms with van der Waals surface area (Å²) in [6.07, 6.45) is -5.89. The van der Waals surface area contributed by atoms with Gasteiger partial charge < -0.3 is 14.2 Å². The largest absolute Gasteiger partial charge is 0.432 e. The summed E-state index contributed by atoms with van der Waals surface area (Å²) in [7, 11) is 0. The second-order valence-corrected chi connectivity index (χ2v) is 10.1. The first kappa shape index (κ1) is 33.7. The topological polar surface area (TPSA) is 27.7 Å². The summed E-state index contributed by atoms with van der Waals surface area (Å²) in [4.78, 5) is 0. The number of rotatable bonds is 10. The molecule has 0 unspecified atom stereocenters. The smallest absolute Gasteiger partial charge is 0.432 e. The van der Waals surface area contributed by atoms with E-state index in [0.717, 1.165) is 12.1 Å². The fourth-order valence-electron chi connectivity index (χ4n) is 4.91. The van der Waals surface area contributed by atoms with Gasteiger partial charge in [0.15, 0.2) is 11.6 Å². The van der Waals surface area contributed by atoms with Crippen LogP contribution < -0.4 is 14.2 Å². The Morgan fingerprint density at radius 1 is 0.711 bits per heavy atom. The molecule has 1 fully saturated rings. The van der Waals surface area contributed by atoms with Crippen LogP contribution in [0, 0.1) is 35.1 Å². The van der Waals surface area contributed by atoms with Gasteiger partial charge in [-0.05, 0) is 73.9 Å². The average molecular weight is 653 g/mol. The van der Waals surface area contributed by atoms with Crippen LogP contribution in [0.5, 0.6) is 17.2 Å². The number of hydrogen-bond acceptors (Lipinski definition) is 3. The Hall–Kier alpha value is -4.23. The monoisotopic (exact) mass is 652 g/mol. The predicted octanol–water partition coefficient (Wildman–Crippen LogP) is 10.8. The molecule has 3 nitrogen and oxygen atoms in total. The van der Waals surface area contributed by atoms with Crippen molar-refractivity contribution in [1.29, 1.82) is 0 Å². The van der Waals surface area contributed by atoms with E-state index in [4.69, 9.17) is 4.74 Å². The van der Waals surface area contributed by atoms with E-state index >= 15 is 0 Å². The van der Waals surface area contributed by atoms with Gasteiger partial charge >= 0.3 is 24.3 Å². The van der Waals surface area contributed by atoms with Crippen molar-refractivity contribution < 1.29 is 62.5 Å². The zero-order chi connectivity index (χ0) is 33.1. The maximum Gasteiger partial charge on any atom is 0.432 e. The molecule has 0 radical (unpaired) electrons. The molecule has 14 heteroatoms. The van der Waals surface area contributed by atoms with E-state index in [2.05, 4.69) is 9.47 Å². The molecule has 0 aromatic heterocycles. The van der Waals surface area contributed by atoms with Crippen LogP contribution in [0.1, 0.15) is 38.2 Å². The molecular formula is C31H23F11O3. The standard InChI is InChI=1S/C31H23F11O3/c1-2-3-16-4-8-19(9-5-16)30(39,40)44-20-10-6-17(7-11-20)18-12-22(32)26(23(33)13-18)31(41,42)45-21-14-24(34)27(25(35)15-21)43-29(38)28(36)37/h2-3,6-7,10-16,19H,4-5,8-9H2,1H3/b3-2+. The number of halogens is 11. The van der Waals surface area contributed by atoms with Crippen LogP contribution in [-0.2, 0) is 6.11 Å². The quantitative estimate of drug-likeness (QED) is 0.124. The van der Waals surface area contributed by atoms with Crippen molar-refractivity contribution in [3.8, 4) is 28.4 Å². The van der Waals surface area contributed by atoms with Crippen LogP contribution in [0.3, 0.4) is 0 Å². The van der Waals surface area contributed by atoms with Gasteiger partial charge in [0.05, 0.1) is 5.92 Å². The van der Waals surface area contributed by atoms with E-state index in [-0.39, 0.29) is 47.8 Å². The fourth-order valence-corrected chi connectivity index (χ4v) is 4.91. The molecule has 0 aliphatic heterocycles. The Balaban J connectivity index is 1.49. The summed E-state index contributed by atoms with van der Waals surface area (Å²) < 4.78 is 167. The average Bonchev–Trinajstić information content (AvgIpc) is 2.94. The van der Waals surface area contributed by atoms with Gasteiger partial charge in [-0.1, -0.05) is 24.3 Å². The van der Waals surface area contributed by atoms with Crippen molar-refractivity contribution in [2.24, 2.45) is 11.8 Å². The van der Waals surface area contributed by atoms with Crippen LogP contribution in [0.15, 0.2) is 72.8 Å². The highest BCUT2D eigenvalue weighted by molar-refractivity contribution is 5.65. The molecule has 45 heavy (non-hydrogen) atoms. The van der Waals surface area contributed by atoms with E-state index in [1.54, 1.807) is 0 Å². The van der Waals surface area contributed by atoms with Crippen LogP contribution in [-0.4, -0.2) is 6.11 Å². The molecule has 1 saturated carbocycles. The lowest BCUT2D eigenvalue weighted by Crippen LogP contribution is -2.37.